The topological polar surface area (TPSA) is 75.2 Å². The molecule has 5 rings (SSSR count). The molecular formula is C26H36N4O2. The third kappa shape index (κ3) is 3.37. The van der Waals surface area contributed by atoms with Crippen molar-refractivity contribution in [2.24, 2.45) is 34.5 Å². The molecule has 0 radical (unpaired) electrons. The average Bonchev–Trinajstić information content (AvgIpc) is 3.12. The second-order valence-corrected chi connectivity index (χ2v) is 11.1. The number of nitrogens with zero attached hydrogens (tertiary/aromatic N) is 3. The predicted molar refractivity (Wildman–Crippen MR) is 122 cm³/mol. The second-order valence-electron chi connectivity index (χ2n) is 11.1. The SMILES string of the molecule is CN1C(=O)C=C[C@]2(C)C3CC[C@@]4(C)C(CC[C@@H]4CC(=O)NCc4ccncn4)C3CCC12. The van der Waals surface area contributed by atoms with Gasteiger partial charge in [-0.05, 0) is 79.8 Å². The van der Waals surface area contributed by atoms with Gasteiger partial charge >= 0.3 is 0 Å². The molecule has 0 saturated heterocycles. The molecule has 1 aromatic rings. The zero-order valence-corrected chi connectivity index (χ0v) is 19.6. The quantitative estimate of drug-likeness (QED) is 0.780. The lowest BCUT2D eigenvalue weighted by molar-refractivity contribution is -0.139. The van der Waals surface area contributed by atoms with E-state index in [4.69, 9.17) is 0 Å². The minimum absolute atomic E-state index is 0.0832. The summed E-state index contributed by atoms with van der Waals surface area (Å²) in [6, 6.07) is 2.17. The molecule has 4 unspecified atom stereocenters. The maximum atomic E-state index is 12.8. The van der Waals surface area contributed by atoms with Crippen molar-refractivity contribution in [3.8, 4) is 0 Å². The van der Waals surface area contributed by atoms with Crippen LogP contribution in [0.2, 0.25) is 0 Å². The van der Waals surface area contributed by atoms with Crippen LogP contribution in [-0.4, -0.2) is 39.8 Å². The number of hydrogen-bond acceptors (Lipinski definition) is 4. The Kier molecular flexibility index (Phi) is 5.37. The van der Waals surface area contributed by atoms with Crippen molar-refractivity contribution in [1.29, 1.82) is 0 Å². The Morgan fingerprint density at radius 3 is 2.81 bits per heavy atom. The molecule has 172 valence electrons. The molecule has 2 amide bonds. The van der Waals surface area contributed by atoms with Crippen LogP contribution in [-0.2, 0) is 16.1 Å². The van der Waals surface area contributed by atoms with E-state index in [1.807, 2.05) is 24.1 Å². The Hall–Kier alpha value is -2.24. The van der Waals surface area contributed by atoms with Crippen molar-refractivity contribution in [1.82, 2.24) is 20.2 Å². The Morgan fingerprint density at radius 2 is 2.03 bits per heavy atom. The fraction of sp³-hybridized carbons (Fsp3) is 0.692. The van der Waals surface area contributed by atoms with Crippen molar-refractivity contribution in [3.63, 3.8) is 0 Å². The fourth-order valence-electron chi connectivity index (χ4n) is 8.09. The van der Waals surface area contributed by atoms with Crippen LogP contribution >= 0.6 is 0 Å². The minimum Gasteiger partial charge on any atom is -0.350 e. The summed E-state index contributed by atoms with van der Waals surface area (Å²) in [4.78, 5) is 35.2. The summed E-state index contributed by atoms with van der Waals surface area (Å²) in [6.45, 7) is 5.32. The third-order valence-corrected chi connectivity index (χ3v) is 9.87. The monoisotopic (exact) mass is 436 g/mol. The predicted octanol–water partition coefficient (Wildman–Crippen LogP) is 3.74. The van der Waals surface area contributed by atoms with E-state index < -0.39 is 0 Å². The zero-order valence-electron chi connectivity index (χ0n) is 19.6. The lowest BCUT2D eigenvalue weighted by Crippen LogP contribution is -2.59. The molecule has 32 heavy (non-hydrogen) atoms. The van der Waals surface area contributed by atoms with Crippen molar-refractivity contribution >= 4 is 11.8 Å². The number of likely N-dealkylation sites (N-methyl/N-ethyl adjacent to an activating group) is 1. The summed E-state index contributed by atoms with van der Waals surface area (Å²) in [5.41, 5.74) is 1.18. The molecule has 6 heteroatoms. The van der Waals surface area contributed by atoms with Gasteiger partial charge in [0.15, 0.2) is 0 Å². The molecule has 3 fully saturated rings. The zero-order chi connectivity index (χ0) is 22.5. The molecule has 3 aliphatic carbocycles. The first-order valence-corrected chi connectivity index (χ1v) is 12.3. The van der Waals surface area contributed by atoms with Crippen LogP contribution in [0, 0.1) is 34.5 Å². The van der Waals surface area contributed by atoms with Gasteiger partial charge in [-0.15, -0.1) is 0 Å². The third-order valence-electron chi connectivity index (χ3n) is 9.87. The highest BCUT2D eigenvalue weighted by Crippen LogP contribution is 2.65. The Labute approximate surface area is 191 Å². The maximum absolute atomic E-state index is 12.8. The fourth-order valence-corrected chi connectivity index (χ4v) is 8.09. The minimum atomic E-state index is 0.0832. The lowest BCUT2D eigenvalue weighted by atomic mass is 9.47. The Bertz CT molecular complexity index is 918. The standard InChI is InChI=1S/C26H36N4O2/c1-25-11-8-21-19(5-7-22-26(21,2)12-9-24(32)30(22)3)20(25)6-4-17(25)14-23(31)28-15-18-10-13-27-16-29-18/h9-10,12-13,16-17,19-22H,4-8,11,14-15H2,1-3H3,(H,28,31)/t17-,19?,20?,21?,22?,25-,26-/m1/s1. The van der Waals surface area contributed by atoms with E-state index in [9.17, 15) is 9.59 Å². The van der Waals surface area contributed by atoms with E-state index >= 15 is 0 Å². The van der Waals surface area contributed by atoms with Crippen molar-refractivity contribution in [2.75, 3.05) is 7.05 Å². The van der Waals surface area contributed by atoms with Crippen LogP contribution in [0.4, 0.5) is 0 Å². The van der Waals surface area contributed by atoms with E-state index in [0.29, 0.717) is 42.7 Å². The number of hydrogen-bond donors (Lipinski definition) is 1. The molecular weight excluding hydrogens is 400 g/mol. The number of nitrogens with one attached hydrogen (secondary N) is 1. The van der Waals surface area contributed by atoms with Crippen molar-refractivity contribution in [3.05, 3.63) is 36.4 Å². The first-order chi connectivity index (χ1) is 15.3. The van der Waals surface area contributed by atoms with Gasteiger partial charge in [0.25, 0.3) is 0 Å². The van der Waals surface area contributed by atoms with Crippen molar-refractivity contribution < 1.29 is 9.59 Å². The number of carbonyl (C=O) groups is 2. The van der Waals surface area contributed by atoms with Gasteiger partial charge in [0.05, 0.1) is 12.2 Å². The van der Waals surface area contributed by atoms with E-state index in [2.05, 4.69) is 35.2 Å². The highest BCUT2D eigenvalue weighted by Gasteiger charge is 2.60. The van der Waals surface area contributed by atoms with Crippen LogP contribution in [0.3, 0.4) is 0 Å². The molecule has 0 bridgehead atoms. The largest absolute Gasteiger partial charge is 0.350 e. The van der Waals surface area contributed by atoms with Crippen LogP contribution < -0.4 is 5.32 Å². The molecule has 1 aromatic heterocycles. The highest BCUT2D eigenvalue weighted by atomic mass is 16.2. The van der Waals surface area contributed by atoms with Gasteiger partial charge in [0.1, 0.15) is 6.33 Å². The summed E-state index contributed by atoms with van der Waals surface area (Å²) in [5, 5.41) is 3.07. The molecule has 0 aromatic carbocycles. The maximum Gasteiger partial charge on any atom is 0.246 e. The number of carbonyl (C=O) groups excluding carboxylic acids is 2. The van der Waals surface area contributed by atoms with Crippen LogP contribution in [0.25, 0.3) is 0 Å². The lowest BCUT2D eigenvalue weighted by Gasteiger charge is -2.60. The molecule has 4 aliphatic rings. The van der Waals surface area contributed by atoms with Gasteiger partial charge in [0.2, 0.25) is 11.8 Å². The van der Waals surface area contributed by atoms with E-state index in [1.165, 1.54) is 32.0 Å². The first-order valence-electron chi connectivity index (χ1n) is 12.3. The summed E-state index contributed by atoms with van der Waals surface area (Å²) in [7, 11) is 1.98. The van der Waals surface area contributed by atoms with Gasteiger partial charge < -0.3 is 10.2 Å². The summed E-state index contributed by atoms with van der Waals surface area (Å²) < 4.78 is 0. The molecule has 0 spiro atoms. The molecule has 6 nitrogen and oxygen atoms in total. The van der Waals surface area contributed by atoms with Gasteiger partial charge in [0, 0.05) is 31.1 Å². The number of fused-ring (bicyclic) bond motifs is 5. The number of rotatable bonds is 4. The van der Waals surface area contributed by atoms with Gasteiger partial charge in [-0.2, -0.15) is 0 Å². The van der Waals surface area contributed by atoms with Crippen LogP contribution in [0.1, 0.15) is 64.5 Å². The normalized spacial score (nSPS) is 40.4. The smallest absolute Gasteiger partial charge is 0.246 e. The van der Waals surface area contributed by atoms with Crippen LogP contribution in [0.5, 0.6) is 0 Å². The first kappa shape index (κ1) is 21.6. The van der Waals surface area contributed by atoms with Gasteiger partial charge in [-0.3, -0.25) is 9.59 Å². The summed E-state index contributed by atoms with van der Waals surface area (Å²) in [6.07, 6.45) is 15.0. The van der Waals surface area contributed by atoms with Gasteiger partial charge in [-0.25, -0.2) is 9.97 Å². The van der Waals surface area contributed by atoms with E-state index in [-0.39, 0.29) is 22.6 Å². The van der Waals surface area contributed by atoms with E-state index in [1.54, 1.807) is 6.20 Å². The molecule has 3 saturated carbocycles. The average molecular weight is 437 g/mol. The Balaban J connectivity index is 1.27. The van der Waals surface area contributed by atoms with Gasteiger partial charge in [-0.1, -0.05) is 19.9 Å². The number of aromatic nitrogens is 2. The summed E-state index contributed by atoms with van der Waals surface area (Å²) in [5.74, 6) is 2.78. The van der Waals surface area contributed by atoms with E-state index in [0.717, 1.165) is 18.5 Å². The molecule has 1 aliphatic heterocycles. The number of amides is 2. The van der Waals surface area contributed by atoms with Crippen LogP contribution in [0.15, 0.2) is 30.7 Å². The summed E-state index contributed by atoms with van der Waals surface area (Å²) >= 11 is 0. The van der Waals surface area contributed by atoms with Crippen molar-refractivity contribution in [2.45, 2.75) is 71.4 Å². The molecule has 1 N–H and O–H groups in total. The highest BCUT2D eigenvalue weighted by molar-refractivity contribution is 5.89. The second kappa shape index (κ2) is 7.96. The Morgan fingerprint density at radius 1 is 1.19 bits per heavy atom. The molecule has 7 atom stereocenters. The molecule has 2 heterocycles.